The Morgan fingerprint density at radius 2 is 2.12 bits per heavy atom. The first-order chi connectivity index (χ1) is 11.7. The van der Waals surface area contributed by atoms with E-state index in [9.17, 15) is 9.59 Å². The van der Waals surface area contributed by atoms with Crippen LogP contribution in [0.5, 0.6) is 0 Å². The molecule has 25 heavy (non-hydrogen) atoms. The molecule has 4 rings (SSSR count). The second-order valence-corrected chi connectivity index (χ2v) is 7.34. The van der Waals surface area contributed by atoms with Crippen molar-refractivity contribution in [2.45, 2.75) is 32.1 Å². The molecule has 2 heterocycles. The second-order valence-electron chi connectivity index (χ2n) is 7.34. The fourth-order valence-electron chi connectivity index (χ4n) is 4.72. The van der Waals surface area contributed by atoms with Gasteiger partial charge in [-0.15, -0.1) is 12.4 Å². The number of nitrogens with zero attached hydrogens (tertiary/aromatic N) is 1. The topological polar surface area (TPSA) is 61.4 Å². The first-order valence-electron chi connectivity index (χ1n) is 9.08. The smallest absolute Gasteiger partial charge is 0.246 e. The zero-order chi connectivity index (χ0) is 16.6. The fourth-order valence-corrected chi connectivity index (χ4v) is 4.72. The Balaban J connectivity index is 0.00000182. The van der Waals surface area contributed by atoms with Crippen molar-refractivity contribution in [3.63, 3.8) is 0 Å². The predicted octanol–water partition coefficient (Wildman–Crippen LogP) is 1.89. The monoisotopic (exact) mass is 363 g/mol. The van der Waals surface area contributed by atoms with Crippen molar-refractivity contribution in [1.29, 1.82) is 0 Å². The highest BCUT2D eigenvalue weighted by Crippen LogP contribution is 2.43. The van der Waals surface area contributed by atoms with Crippen LogP contribution in [0.15, 0.2) is 24.3 Å². The van der Waals surface area contributed by atoms with Crippen LogP contribution in [0.1, 0.15) is 31.2 Å². The SMILES string of the molecule is Cl.O=C(CNC(=O)[C@@]12CCCC[C@H]1CNC2)N1CCc2ccccc21. The van der Waals surface area contributed by atoms with Gasteiger partial charge in [0.15, 0.2) is 0 Å². The Hall–Kier alpha value is -1.59. The number of carbonyl (C=O) groups excluding carboxylic acids is 2. The number of benzene rings is 1. The van der Waals surface area contributed by atoms with Gasteiger partial charge in [-0.25, -0.2) is 0 Å². The van der Waals surface area contributed by atoms with Crippen molar-refractivity contribution in [2.75, 3.05) is 31.1 Å². The molecule has 2 aliphatic heterocycles. The van der Waals surface area contributed by atoms with Gasteiger partial charge in [-0.3, -0.25) is 9.59 Å². The molecule has 0 bridgehead atoms. The number of carbonyl (C=O) groups is 2. The second kappa shape index (κ2) is 7.34. The minimum Gasteiger partial charge on any atom is -0.346 e. The van der Waals surface area contributed by atoms with Gasteiger partial charge in [0, 0.05) is 18.8 Å². The van der Waals surface area contributed by atoms with E-state index < -0.39 is 0 Å². The summed E-state index contributed by atoms with van der Waals surface area (Å²) in [6.45, 7) is 2.50. The van der Waals surface area contributed by atoms with Crippen LogP contribution >= 0.6 is 12.4 Å². The lowest BCUT2D eigenvalue weighted by atomic mass is 9.67. The van der Waals surface area contributed by atoms with E-state index in [0.29, 0.717) is 12.5 Å². The summed E-state index contributed by atoms with van der Waals surface area (Å²) in [6.07, 6.45) is 5.28. The number of amides is 2. The van der Waals surface area contributed by atoms with Crippen LogP contribution in [-0.2, 0) is 16.0 Å². The molecular formula is C19H26ClN3O2. The number of para-hydroxylation sites is 1. The number of hydrogen-bond donors (Lipinski definition) is 2. The fraction of sp³-hybridized carbons (Fsp3) is 0.579. The highest BCUT2D eigenvalue weighted by Gasteiger charge is 2.49. The van der Waals surface area contributed by atoms with Gasteiger partial charge >= 0.3 is 0 Å². The largest absolute Gasteiger partial charge is 0.346 e. The van der Waals surface area contributed by atoms with Gasteiger partial charge in [-0.05, 0) is 43.4 Å². The number of hydrogen-bond acceptors (Lipinski definition) is 3. The molecular weight excluding hydrogens is 338 g/mol. The lowest BCUT2D eigenvalue weighted by Crippen LogP contribution is -2.50. The molecule has 1 aromatic rings. The molecule has 1 aliphatic carbocycles. The summed E-state index contributed by atoms with van der Waals surface area (Å²) < 4.78 is 0. The molecule has 3 aliphatic rings. The number of anilines is 1. The quantitative estimate of drug-likeness (QED) is 0.862. The van der Waals surface area contributed by atoms with Crippen molar-refractivity contribution in [1.82, 2.24) is 10.6 Å². The van der Waals surface area contributed by atoms with Crippen LogP contribution in [0.3, 0.4) is 0 Å². The molecule has 0 unspecified atom stereocenters. The van der Waals surface area contributed by atoms with Crippen molar-refractivity contribution in [2.24, 2.45) is 11.3 Å². The Kier molecular flexibility index (Phi) is 5.35. The summed E-state index contributed by atoms with van der Waals surface area (Å²) in [5.41, 5.74) is 1.91. The summed E-state index contributed by atoms with van der Waals surface area (Å²) in [7, 11) is 0. The van der Waals surface area contributed by atoms with Crippen LogP contribution in [-0.4, -0.2) is 38.0 Å². The van der Waals surface area contributed by atoms with Crippen LogP contribution in [0.25, 0.3) is 0 Å². The highest BCUT2D eigenvalue weighted by molar-refractivity contribution is 5.99. The van der Waals surface area contributed by atoms with Crippen LogP contribution < -0.4 is 15.5 Å². The maximum atomic E-state index is 12.8. The molecule has 0 aromatic heterocycles. The molecule has 2 N–H and O–H groups in total. The first-order valence-corrected chi connectivity index (χ1v) is 9.08. The molecule has 1 aromatic carbocycles. The van der Waals surface area contributed by atoms with Gasteiger partial charge in [0.05, 0.1) is 12.0 Å². The van der Waals surface area contributed by atoms with E-state index in [4.69, 9.17) is 0 Å². The van der Waals surface area contributed by atoms with E-state index >= 15 is 0 Å². The Bertz CT molecular complexity index is 666. The Morgan fingerprint density at radius 3 is 3.00 bits per heavy atom. The summed E-state index contributed by atoms with van der Waals surface area (Å²) in [6, 6.07) is 8.01. The number of fused-ring (bicyclic) bond motifs is 2. The molecule has 2 amide bonds. The highest BCUT2D eigenvalue weighted by atomic mass is 35.5. The van der Waals surface area contributed by atoms with Crippen molar-refractivity contribution < 1.29 is 9.59 Å². The van der Waals surface area contributed by atoms with Crippen LogP contribution in [0, 0.1) is 11.3 Å². The van der Waals surface area contributed by atoms with E-state index in [-0.39, 0.29) is 36.2 Å². The van der Waals surface area contributed by atoms with Gasteiger partial charge < -0.3 is 15.5 Å². The lowest BCUT2D eigenvalue weighted by Gasteiger charge is -2.37. The molecule has 2 atom stereocenters. The van der Waals surface area contributed by atoms with Crippen molar-refractivity contribution >= 4 is 29.9 Å². The summed E-state index contributed by atoms with van der Waals surface area (Å²) in [4.78, 5) is 27.2. The molecule has 136 valence electrons. The average Bonchev–Trinajstić information content (AvgIpc) is 3.24. The zero-order valence-electron chi connectivity index (χ0n) is 14.4. The van der Waals surface area contributed by atoms with Gasteiger partial charge in [0.2, 0.25) is 11.8 Å². The molecule has 2 fully saturated rings. The normalized spacial score (nSPS) is 27.2. The number of halogens is 1. The average molecular weight is 364 g/mol. The van der Waals surface area contributed by atoms with Crippen molar-refractivity contribution in [3.05, 3.63) is 29.8 Å². The summed E-state index contributed by atoms with van der Waals surface area (Å²) >= 11 is 0. The van der Waals surface area contributed by atoms with E-state index in [0.717, 1.165) is 44.5 Å². The molecule has 0 spiro atoms. The molecule has 5 nitrogen and oxygen atoms in total. The summed E-state index contributed by atoms with van der Waals surface area (Å²) in [5, 5.41) is 6.34. The first kappa shape index (κ1) is 18.2. The number of rotatable bonds is 3. The van der Waals surface area contributed by atoms with Crippen LogP contribution in [0.4, 0.5) is 5.69 Å². The molecule has 0 radical (unpaired) electrons. The van der Waals surface area contributed by atoms with Crippen molar-refractivity contribution in [3.8, 4) is 0 Å². The lowest BCUT2D eigenvalue weighted by molar-refractivity contribution is -0.135. The Morgan fingerprint density at radius 1 is 1.28 bits per heavy atom. The third-order valence-corrected chi connectivity index (χ3v) is 6.08. The minimum absolute atomic E-state index is 0. The van der Waals surface area contributed by atoms with E-state index in [1.54, 1.807) is 4.90 Å². The molecule has 6 heteroatoms. The van der Waals surface area contributed by atoms with Gasteiger partial charge in [-0.2, -0.15) is 0 Å². The zero-order valence-corrected chi connectivity index (χ0v) is 15.2. The maximum absolute atomic E-state index is 12.8. The Labute approximate surface area is 154 Å². The van der Waals surface area contributed by atoms with Crippen LogP contribution in [0.2, 0.25) is 0 Å². The number of nitrogens with one attached hydrogen (secondary N) is 2. The maximum Gasteiger partial charge on any atom is 0.246 e. The standard InChI is InChI=1S/C19H25N3O2.ClH/c23-17(22-10-8-14-5-1-2-7-16(14)22)12-21-18(24)19-9-4-3-6-15(19)11-20-13-19;/h1-2,5,7,15,20H,3-4,6,8-13H2,(H,21,24);1H/t15-,19+;/m0./s1. The molecule has 1 saturated carbocycles. The summed E-state index contributed by atoms with van der Waals surface area (Å²) in [5.74, 6) is 0.481. The van der Waals surface area contributed by atoms with E-state index in [2.05, 4.69) is 16.7 Å². The van der Waals surface area contributed by atoms with Gasteiger partial charge in [0.25, 0.3) is 0 Å². The van der Waals surface area contributed by atoms with E-state index in [1.165, 1.54) is 12.0 Å². The van der Waals surface area contributed by atoms with Gasteiger partial charge in [-0.1, -0.05) is 31.0 Å². The predicted molar refractivity (Wildman–Crippen MR) is 100 cm³/mol. The third-order valence-electron chi connectivity index (χ3n) is 6.08. The van der Waals surface area contributed by atoms with E-state index in [1.807, 2.05) is 18.2 Å². The minimum atomic E-state index is -0.290. The third kappa shape index (κ3) is 3.15. The molecule has 1 saturated heterocycles. The van der Waals surface area contributed by atoms with Gasteiger partial charge in [0.1, 0.15) is 0 Å².